The highest BCUT2D eigenvalue weighted by molar-refractivity contribution is 5.90. The van der Waals surface area contributed by atoms with Crippen molar-refractivity contribution in [2.45, 2.75) is 40.0 Å². The number of esters is 1. The van der Waals surface area contributed by atoms with Crippen LogP contribution in [0.2, 0.25) is 0 Å². The average molecular weight is 339 g/mol. The van der Waals surface area contributed by atoms with Crippen LogP contribution in [0.3, 0.4) is 0 Å². The highest BCUT2D eigenvalue weighted by atomic mass is 16.5. The van der Waals surface area contributed by atoms with E-state index >= 15 is 0 Å². The van der Waals surface area contributed by atoms with Gasteiger partial charge in [0.15, 0.2) is 6.73 Å². The fraction of sp³-hybridized carbons (Fsp3) is 0.300. The number of aromatic nitrogens is 1. The van der Waals surface area contributed by atoms with Crippen molar-refractivity contribution >= 4 is 22.9 Å². The number of pyridine rings is 1. The molecule has 1 aromatic heterocycles. The largest absolute Gasteiger partial charge is 0.482 e. The maximum absolute atomic E-state index is 12.9. The molecule has 5 nitrogen and oxygen atoms in total. The van der Waals surface area contributed by atoms with E-state index in [0.717, 1.165) is 11.0 Å². The molecule has 5 heteroatoms. The third kappa shape index (κ3) is 3.36. The van der Waals surface area contributed by atoms with Crippen molar-refractivity contribution in [1.29, 1.82) is 0 Å². The number of hydrogen-bond acceptors (Lipinski definition) is 4. The highest BCUT2D eigenvalue weighted by Gasteiger charge is 2.26. The molecule has 1 aromatic carbocycles. The first-order valence-electron chi connectivity index (χ1n) is 8.14. The van der Waals surface area contributed by atoms with Gasteiger partial charge < -0.3 is 9.47 Å². The molecule has 3 rings (SSSR count). The number of nitrogens with zero attached hydrogens (tertiary/aromatic N) is 1. The third-order valence-corrected chi connectivity index (χ3v) is 3.92. The van der Waals surface area contributed by atoms with E-state index in [2.05, 4.69) is 0 Å². The molecule has 0 fully saturated rings. The Morgan fingerprint density at radius 1 is 1.28 bits per heavy atom. The van der Waals surface area contributed by atoms with Crippen LogP contribution in [0.4, 0.5) is 0 Å². The number of para-hydroxylation sites is 1. The first-order chi connectivity index (χ1) is 11.8. The molecule has 0 unspecified atom stereocenters. The number of fused-ring (bicyclic) bond motifs is 3. The van der Waals surface area contributed by atoms with Gasteiger partial charge in [-0.2, -0.15) is 0 Å². The maximum Gasteiger partial charge on any atom is 0.332 e. The second-order valence-electron chi connectivity index (χ2n) is 6.85. The lowest BCUT2D eigenvalue weighted by Crippen LogP contribution is -2.32. The Kier molecular flexibility index (Phi) is 4.25. The van der Waals surface area contributed by atoms with Crippen LogP contribution in [0.15, 0.2) is 46.8 Å². The van der Waals surface area contributed by atoms with E-state index in [-0.39, 0.29) is 12.3 Å². The Morgan fingerprint density at radius 2 is 2.00 bits per heavy atom. The van der Waals surface area contributed by atoms with Gasteiger partial charge in [-0.1, -0.05) is 17.7 Å². The van der Waals surface area contributed by atoms with Crippen molar-refractivity contribution in [1.82, 2.24) is 4.57 Å². The highest BCUT2D eigenvalue weighted by Crippen LogP contribution is 2.35. The molecular formula is C20H21NO4. The van der Waals surface area contributed by atoms with Gasteiger partial charge in [0.05, 0.1) is 11.1 Å². The van der Waals surface area contributed by atoms with Gasteiger partial charge in [-0.05, 0) is 52.0 Å². The lowest BCUT2D eigenvalue weighted by molar-refractivity contribution is -0.141. The van der Waals surface area contributed by atoms with Crippen molar-refractivity contribution in [3.8, 4) is 5.75 Å². The minimum absolute atomic E-state index is 0.146. The smallest absolute Gasteiger partial charge is 0.332 e. The molecule has 0 atom stereocenters. The van der Waals surface area contributed by atoms with Crippen LogP contribution in [0.5, 0.6) is 5.75 Å². The van der Waals surface area contributed by atoms with Gasteiger partial charge >= 0.3 is 5.97 Å². The zero-order valence-electron chi connectivity index (χ0n) is 14.8. The van der Waals surface area contributed by atoms with Gasteiger partial charge in [0.1, 0.15) is 11.4 Å². The minimum Gasteiger partial charge on any atom is -0.482 e. The van der Waals surface area contributed by atoms with Gasteiger partial charge in [-0.25, -0.2) is 4.79 Å². The molecule has 0 bridgehead atoms. The van der Waals surface area contributed by atoms with Crippen LogP contribution in [-0.2, 0) is 16.3 Å². The summed E-state index contributed by atoms with van der Waals surface area (Å²) in [4.78, 5) is 24.7. The molecule has 0 N–H and O–H groups in total. The summed E-state index contributed by atoms with van der Waals surface area (Å²) in [6, 6.07) is 7.45. The summed E-state index contributed by atoms with van der Waals surface area (Å²) in [6.07, 6.45) is 5.03. The number of benzene rings is 1. The van der Waals surface area contributed by atoms with Gasteiger partial charge in [0.2, 0.25) is 0 Å². The van der Waals surface area contributed by atoms with Crippen LogP contribution in [0, 0.1) is 0 Å². The Hall–Kier alpha value is -2.82. The van der Waals surface area contributed by atoms with E-state index in [1.807, 2.05) is 58.0 Å². The molecule has 2 aromatic rings. The lowest BCUT2D eigenvalue weighted by Gasteiger charge is -2.29. The molecule has 0 saturated carbocycles. The predicted octanol–water partition coefficient (Wildman–Crippen LogP) is 3.65. The van der Waals surface area contributed by atoms with Crippen molar-refractivity contribution in [2.24, 2.45) is 0 Å². The normalized spacial score (nSPS) is 14.6. The van der Waals surface area contributed by atoms with E-state index in [0.29, 0.717) is 16.8 Å². The quantitative estimate of drug-likeness (QED) is 0.633. The molecule has 25 heavy (non-hydrogen) atoms. The predicted molar refractivity (Wildman–Crippen MR) is 97.5 cm³/mol. The number of allylic oxidation sites excluding steroid dienone is 1. The Bertz CT molecular complexity index is 960. The number of rotatable bonds is 3. The molecule has 0 aliphatic carbocycles. The van der Waals surface area contributed by atoms with Crippen molar-refractivity contribution in [3.63, 3.8) is 0 Å². The lowest BCUT2D eigenvalue weighted by atomic mass is 10.0. The molecule has 130 valence electrons. The standard InChI is InChI=1S/C20H21NO4/c1-13(2)11-17(22)24-12-21-16-8-6-5-7-14(16)18-15(19(21)23)9-10-20(3,4)25-18/h5-11H,12H2,1-4H3. The first-order valence-corrected chi connectivity index (χ1v) is 8.14. The summed E-state index contributed by atoms with van der Waals surface area (Å²) in [5.41, 5.74) is 1.25. The van der Waals surface area contributed by atoms with E-state index in [9.17, 15) is 9.59 Å². The second kappa shape index (κ2) is 6.24. The fourth-order valence-electron chi connectivity index (χ4n) is 2.77. The van der Waals surface area contributed by atoms with E-state index in [1.54, 1.807) is 6.08 Å². The Balaban J connectivity index is 2.12. The van der Waals surface area contributed by atoms with E-state index < -0.39 is 11.6 Å². The van der Waals surface area contributed by atoms with Crippen molar-refractivity contribution in [2.75, 3.05) is 0 Å². The fourth-order valence-corrected chi connectivity index (χ4v) is 2.77. The number of carbonyl (C=O) groups excluding carboxylic acids is 1. The third-order valence-electron chi connectivity index (χ3n) is 3.92. The van der Waals surface area contributed by atoms with Crippen LogP contribution < -0.4 is 10.3 Å². The summed E-state index contributed by atoms with van der Waals surface area (Å²) >= 11 is 0. The van der Waals surface area contributed by atoms with Gasteiger partial charge in [-0.15, -0.1) is 0 Å². The second-order valence-corrected chi connectivity index (χ2v) is 6.85. The van der Waals surface area contributed by atoms with Crippen molar-refractivity contribution < 1.29 is 14.3 Å². The zero-order valence-corrected chi connectivity index (χ0v) is 14.8. The summed E-state index contributed by atoms with van der Waals surface area (Å²) in [6.45, 7) is 7.35. The molecule has 0 amide bonds. The van der Waals surface area contributed by atoms with Crippen LogP contribution >= 0.6 is 0 Å². The maximum atomic E-state index is 12.9. The topological polar surface area (TPSA) is 57.5 Å². The molecule has 0 saturated heterocycles. The minimum atomic E-state index is -0.482. The molecule has 1 aliphatic heterocycles. The van der Waals surface area contributed by atoms with Gasteiger partial charge in [0, 0.05) is 11.5 Å². The summed E-state index contributed by atoms with van der Waals surface area (Å²) in [5.74, 6) is 0.0987. The van der Waals surface area contributed by atoms with Crippen LogP contribution in [-0.4, -0.2) is 16.1 Å². The summed E-state index contributed by atoms with van der Waals surface area (Å²) < 4.78 is 12.7. The molecule has 0 spiro atoms. The zero-order chi connectivity index (χ0) is 18.2. The van der Waals surface area contributed by atoms with Crippen LogP contribution in [0.25, 0.3) is 17.0 Å². The molecule has 2 heterocycles. The van der Waals surface area contributed by atoms with Crippen molar-refractivity contribution in [3.05, 3.63) is 57.9 Å². The number of hydrogen-bond donors (Lipinski definition) is 0. The Labute approximate surface area is 146 Å². The van der Waals surface area contributed by atoms with E-state index in [4.69, 9.17) is 9.47 Å². The number of ether oxygens (including phenoxy) is 2. The molecule has 0 radical (unpaired) electrons. The van der Waals surface area contributed by atoms with Crippen LogP contribution in [0.1, 0.15) is 33.3 Å². The summed E-state index contributed by atoms with van der Waals surface area (Å²) in [5, 5.41) is 0.813. The SMILES string of the molecule is CC(C)=CC(=O)OCn1c(=O)c2c(c3ccccc31)OC(C)(C)C=C2. The van der Waals surface area contributed by atoms with E-state index in [1.165, 1.54) is 10.6 Å². The van der Waals surface area contributed by atoms with Gasteiger partial charge in [-0.3, -0.25) is 9.36 Å². The first kappa shape index (κ1) is 17.0. The monoisotopic (exact) mass is 339 g/mol. The average Bonchev–Trinajstić information content (AvgIpc) is 2.53. The summed E-state index contributed by atoms with van der Waals surface area (Å²) in [7, 11) is 0. The number of carbonyl (C=O) groups is 1. The molecular weight excluding hydrogens is 318 g/mol. The molecule has 1 aliphatic rings. The Morgan fingerprint density at radius 3 is 2.72 bits per heavy atom. The van der Waals surface area contributed by atoms with Gasteiger partial charge in [0.25, 0.3) is 5.56 Å².